The first-order valence-electron chi connectivity index (χ1n) is 6.77. The highest BCUT2D eigenvalue weighted by atomic mass is 79.9. The molecule has 0 atom stereocenters. The molecule has 1 heterocycles. The largest absolute Gasteiger partial charge is 0.466 e. The van der Waals surface area contributed by atoms with E-state index in [9.17, 15) is 14.4 Å². The smallest absolute Gasteiger partial charge is 0.306 e. The molecule has 0 saturated carbocycles. The van der Waals surface area contributed by atoms with Gasteiger partial charge in [-0.3, -0.25) is 4.79 Å². The predicted molar refractivity (Wildman–Crippen MR) is 79.9 cm³/mol. The van der Waals surface area contributed by atoms with E-state index in [1.807, 2.05) is 6.92 Å². The summed E-state index contributed by atoms with van der Waals surface area (Å²) in [7, 11) is 0. The van der Waals surface area contributed by atoms with Crippen LogP contribution in [0.3, 0.4) is 0 Å². The average molecular weight is 372 g/mol. The molecule has 0 aliphatic heterocycles. The van der Waals surface area contributed by atoms with Crippen LogP contribution in [0, 0.1) is 5.82 Å². The summed E-state index contributed by atoms with van der Waals surface area (Å²) in [4.78, 5) is 16.0. The van der Waals surface area contributed by atoms with Crippen LogP contribution in [-0.2, 0) is 16.0 Å². The first kappa shape index (κ1) is 16.4. The molecule has 0 bridgehead atoms. The second-order valence-electron chi connectivity index (χ2n) is 4.59. The molecule has 2 aromatic rings. The van der Waals surface area contributed by atoms with Crippen molar-refractivity contribution in [3.63, 3.8) is 0 Å². The third kappa shape index (κ3) is 4.03. The van der Waals surface area contributed by atoms with Crippen molar-refractivity contribution >= 4 is 21.9 Å². The van der Waals surface area contributed by atoms with E-state index in [2.05, 4.69) is 26.0 Å². The van der Waals surface area contributed by atoms with Gasteiger partial charge in [0.15, 0.2) is 5.82 Å². The topological polar surface area (TPSA) is 77.2 Å². The molecule has 0 radical (unpaired) electrons. The summed E-state index contributed by atoms with van der Waals surface area (Å²) in [6.45, 7) is 2.28. The van der Waals surface area contributed by atoms with Gasteiger partial charge in [0.25, 0.3) is 0 Å². The number of rotatable bonds is 6. The fraction of sp³-hybridized carbons (Fsp3) is 0.357. The van der Waals surface area contributed by atoms with E-state index in [0.717, 1.165) is 6.42 Å². The Morgan fingerprint density at radius 1 is 1.50 bits per heavy atom. The first-order chi connectivity index (χ1) is 10.5. The number of ether oxygens (including phenoxy) is 1. The van der Waals surface area contributed by atoms with E-state index < -0.39 is 5.82 Å². The second-order valence-corrected chi connectivity index (χ2v) is 5.50. The summed E-state index contributed by atoms with van der Waals surface area (Å²) in [6, 6.07) is 4.39. The number of nitrogens with zero attached hydrogens (tertiary/aromatic N) is 3. The van der Waals surface area contributed by atoms with Crippen LogP contribution in [0.1, 0.15) is 25.6 Å². The normalized spacial score (nSPS) is 10.7. The number of carbonyl (C=O) groups excluding carboxylic acids is 1. The molecule has 0 saturated heterocycles. The Hall–Kier alpha value is -1.96. The van der Waals surface area contributed by atoms with Crippen LogP contribution in [0.4, 0.5) is 4.39 Å². The first-order valence-corrected chi connectivity index (χ1v) is 7.56. The van der Waals surface area contributed by atoms with E-state index in [1.165, 1.54) is 12.1 Å². The molecular weight excluding hydrogens is 357 g/mol. The Morgan fingerprint density at radius 3 is 2.95 bits per heavy atom. The van der Waals surface area contributed by atoms with Gasteiger partial charge < -0.3 is 9.94 Å². The lowest BCUT2D eigenvalue weighted by atomic mass is 10.2. The highest BCUT2D eigenvalue weighted by Crippen LogP contribution is 2.23. The molecule has 8 heteroatoms. The van der Waals surface area contributed by atoms with Gasteiger partial charge in [0.1, 0.15) is 5.82 Å². The lowest BCUT2D eigenvalue weighted by Gasteiger charge is -2.01. The van der Waals surface area contributed by atoms with Crippen molar-refractivity contribution in [3.8, 4) is 11.4 Å². The van der Waals surface area contributed by atoms with Crippen LogP contribution in [0.2, 0.25) is 0 Å². The molecule has 0 fully saturated rings. The number of esters is 1. The molecule has 1 aromatic carbocycles. The lowest BCUT2D eigenvalue weighted by Crippen LogP contribution is -2.07. The van der Waals surface area contributed by atoms with Crippen molar-refractivity contribution in [3.05, 3.63) is 34.3 Å². The average Bonchev–Trinajstić information content (AvgIpc) is 2.84. The molecule has 0 unspecified atom stereocenters. The quantitative estimate of drug-likeness (QED) is 0.623. The maximum Gasteiger partial charge on any atom is 0.306 e. The van der Waals surface area contributed by atoms with Gasteiger partial charge in [-0.05, 0) is 24.6 Å². The number of halogens is 2. The zero-order chi connectivity index (χ0) is 16.1. The van der Waals surface area contributed by atoms with Crippen LogP contribution in [0.5, 0.6) is 0 Å². The van der Waals surface area contributed by atoms with Gasteiger partial charge in [0, 0.05) is 10.9 Å². The molecule has 0 amide bonds. The Kier molecular flexibility index (Phi) is 5.48. The van der Waals surface area contributed by atoms with Crippen LogP contribution in [-0.4, -0.2) is 32.7 Å². The highest BCUT2D eigenvalue weighted by Gasteiger charge is 2.16. The predicted octanol–water partition coefficient (Wildman–Crippen LogP) is 2.97. The number of aromatic nitrogens is 3. The highest BCUT2D eigenvalue weighted by molar-refractivity contribution is 9.10. The molecule has 118 valence electrons. The Balaban J connectivity index is 2.09. The summed E-state index contributed by atoms with van der Waals surface area (Å²) in [5.74, 6) is -0.659. The van der Waals surface area contributed by atoms with E-state index in [4.69, 9.17) is 4.74 Å². The van der Waals surface area contributed by atoms with Gasteiger partial charge in [0.05, 0.1) is 18.6 Å². The third-order valence-electron chi connectivity index (χ3n) is 2.83. The maximum absolute atomic E-state index is 13.9. The Morgan fingerprint density at radius 2 is 2.27 bits per heavy atom. The van der Waals surface area contributed by atoms with Gasteiger partial charge in [-0.2, -0.15) is 0 Å². The van der Waals surface area contributed by atoms with Crippen LogP contribution < -0.4 is 0 Å². The number of carbonyl (C=O) groups is 1. The summed E-state index contributed by atoms with van der Waals surface area (Å²) >= 11 is 3.16. The van der Waals surface area contributed by atoms with Gasteiger partial charge in [-0.25, -0.2) is 9.37 Å². The Bertz CT molecular complexity index is 675. The zero-order valence-electron chi connectivity index (χ0n) is 11.9. The summed E-state index contributed by atoms with van der Waals surface area (Å²) in [5, 5.41) is 13.5. The van der Waals surface area contributed by atoms with Crippen LogP contribution in [0.15, 0.2) is 22.7 Å². The van der Waals surface area contributed by atoms with E-state index >= 15 is 0 Å². The fourth-order valence-corrected chi connectivity index (χ4v) is 2.13. The Labute approximate surface area is 135 Å². The maximum atomic E-state index is 13.9. The van der Waals surface area contributed by atoms with Crippen molar-refractivity contribution in [2.75, 3.05) is 6.61 Å². The van der Waals surface area contributed by atoms with Gasteiger partial charge in [-0.1, -0.05) is 27.7 Å². The van der Waals surface area contributed by atoms with Crippen LogP contribution in [0.25, 0.3) is 11.4 Å². The number of benzene rings is 1. The SMILES string of the molecule is CCCOC(=O)CCc1nc(-c2ccc(Br)cc2F)n(O)n1. The summed E-state index contributed by atoms with van der Waals surface area (Å²) in [6.07, 6.45) is 1.07. The molecule has 0 aliphatic rings. The number of hydrogen-bond donors (Lipinski definition) is 1. The van der Waals surface area contributed by atoms with Crippen molar-refractivity contribution in [1.82, 2.24) is 14.9 Å². The molecule has 1 N–H and O–H groups in total. The minimum atomic E-state index is -0.536. The standard InChI is InChI=1S/C14H15BrFN3O3/c1-2-7-22-13(20)6-5-12-17-14(19(21)18-12)10-4-3-9(15)8-11(10)16/h3-4,8,21H,2,5-7H2,1H3. The van der Waals surface area contributed by atoms with Crippen molar-refractivity contribution in [1.29, 1.82) is 0 Å². The molecule has 6 nitrogen and oxygen atoms in total. The van der Waals surface area contributed by atoms with E-state index in [-0.39, 0.29) is 36.0 Å². The molecule has 0 aliphatic carbocycles. The molecule has 1 aromatic heterocycles. The minimum absolute atomic E-state index is 0.0121. The van der Waals surface area contributed by atoms with Gasteiger partial charge in [0.2, 0.25) is 5.82 Å². The number of aryl methyl sites for hydroxylation is 1. The molecule has 22 heavy (non-hydrogen) atoms. The lowest BCUT2D eigenvalue weighted by molar-refractivity contribution is -0.143. The monoisotopic (exact) mass is 371 g/mol. The van der Waals surface area contributed by atoms with Gasteiger partial charge >= 0.3 is 5.97 Å². The van der Waals surface area contributed by atoms with Crippen molar-refractivity contribution < 1.29 is 19.1 Å². The zero-order valence-corrected chi connectivity index (χ0v) is 13.5. The molecule has 0 spiro atoms. The van der Waals surface area contributed by atoms with Gasteiger partial charge in [-0.15, -0.1) is 5.10 Å². The van der Waals surface area contributed by atoms with E-state index in [0.29, 0.717) is 15.9 Å². The fourth-order valence-electron chi connectivity index (χ4n) is 1.79. The third-order valence-corrected chi connectivity index (χ3v) is 3.32. The molecule has 2 rings (SSSR count). The van der Waals surface area contributed by atoms with Crippen molar-refractivity contribution in [2.45, 2.75) is 26.2 Å². The second kappa shape index (κ2) is 7.35. The summed E-state index contributed by atoms with van der Waals surface area (Å²) < 4.78 is 19.4. The van der Waals surface area contributed by atoms with Crippen LogP contribution >= 0.6 is 15.9 Å². The summed E-state index contributed by atoms with van der Waals surface area (Å²) in [5.41, 5.74) is 0.123. The number of hydrogen-bond acceptors (Lipinski definition) is 5. The minimum Gasteiger partial charge on any atom is -0.466 e. The molecular formula is C14H15BrFN3O3. The van der Waals surface area contributed by atoms with Crippen molar-refractivity contribution in [2.24, 2.45) is 0 Å². The van der Waals surface area contributed by atoms with E-state index in [1.54, 1.807) is 6.07 Å².